The fourth-order valence-electron chi connectivity index (χ4n) is 2.33. The summed E-state index contributed by atoms with van der Waals surface area (Å²) in [7, 11) is 1.47. The Morgan fingerprint density at radius 3 is 2.45 bits per heavy atom. The fraction of sp³-hybridized carbons (Fsp3) is 0.250. The summed E-state index contributed by atoms with van der Waals surface area (Å²) in [6, 6.07) is 12.0. The Kier molecular flexibility index (Phi) is 9.72. The lowest BCUT2D eigenvalue weighted by molar-refractivity contribution is -0.123. The van der Waals surface area contributed by atoms with E-state index in [0.29, 0.717) is 28.0 Å². The van der Waals surface area contributed by atoms with Crippen LogP contribution in [0.15, 0.2) is 53.4 Å². The first-order valence-corrected chi connectivity index (χ1v) is 9.91. The molecule has 0 aliphatic heterocycles. The number of para-hydroxylation sites is 1. The van der Waals surface area contributed by atoms with Crippen LogP contribution in [-0.2, 0) is 14.3 Å². The summed E-state index contributed by atoms with van der Waals surface area (Å²) in [6.07, 6.45) is 0. The molecular weight excluding hydrogens is 432 g/mol. The molecule has 2 aromatic rings. The molecule has 8 nitrogen and oxygen atoms in total. The molecule has 0 saturated carbocycles. The van der Waals surface area contributed by atoms with Gasteiger partial charge in [-0.3, -0.25) is 10.1 Å². The van der Waals surface area contributed by atoms with Gasteiger partial charge in [0.2, 0.25) is 0 Å². The van der Waals surface area contributed by atoms with Gasteiger partial charge < -0.3 is 20.1 Å². The van der Waals surface area contributed by atoms with E-state index >= 15 is 0 Å². The number of esters is 1. The van der Waals surface area contributed by atoms with Crippen LogP contribution in [0.3, 0.4) is 0 Å². The Morgan fingerprint density at radius 1 is 1.06 bits per heavy atom. The number of ether oxygens (including phenoxy) is 2. The number of carbonyl (C=O) groups excluding carboxylic acids is 3. The molecule has 3 N–H and O–H groups in total. The van der Waals surface area contributed by atoms with Crippen LogP contribution < -0.4 is 16.0 Å². The number of methoxy groups -OCH3 is 1. The van der Waals surface area contributed by atoms with E-state index < -0.39 is 30.3 Å². The van der Waals surface area contributed by atoms with Crippen molar-refractivity contribution in [2.45, 2.75) is 10.7 Å². The van der Waals surface area contributed by atoms with Crippen molar-refractivity contribution >= 4 is 41.0 Å². The molecule has 0 fully saturated rings. The van der Waals surface area contributed by atoms with Crippen molar-refractivity contribution in [1.82, 2.24) is 10.6 Å². The molecule has 0 unspecified atom stereocenters. The first-order chi connectivity index (χ1) is 14.9. The zero-order chi connectivity index (χ0) is 22.6. The summed E-state index contributed by atoms with van der Waals surface area (Å²) in [5.74, 6) is -4.08. The summed E-state index contributed by atoms with van der Waals surface area (Å²) in [4.78, 5) is 36.0. The molecule has 0 saturated heterocycles. The van der Waals surface area contributed by atoms with Crippen LogP contribution in [0.1, 0.15) is 10.4 Å². The lowest BCUT2D eigenvalue weighted by Crippen LogP contribution is -2.42. The summed E-state index contributed by atoms with van der Waals surface area (Å²) in [6.45, 7) is -0.144. The Labute approximate surface area is 181 Å². The van der Waals surface area contributed by atoms with Crippen LogP contribution in [0, 0.1) is 0 Å². The molecule has 2 aromatic carbocycles. The van der Waals surface area contributed by atoms with Crippen molar-refractivity contribution in [3.63, 3.8) is 0 Å². The highest BCUT2D eigenvalue weighted by molar-refractivity contribution is 7.99. The molecule has 166 valence electrons. The van der Waals surface area contributed by atoms with Gasteiger partial charge in [0, 0.05) is 24.2 Å². The number of thioether (sulfide) groups is 1. The van der Waals surface area contributed by atoms with Crippen molar-refractivity contribution < 1.29 is 32.6 Å². The van der Waals surface area contributed by atoms with Gasteiger partial charge in [-0.05, 0) is 36.4 Å². The molecule has 0 bridgehead atoms. The molecular formula is C20H21F2N3O5S. The van der Waals surface area contributed by atoms with Gasteiger partial charge in [0.25, 0.3) is 11.7 Å². The first-order valence-electron chi connectivity index (χ1n) is 9.03. The number of amides is 3. The molecule has 0 heterocycles. The number of hydrogen-bond donors (Lipinski definition) is 3. The first kappa shape index (κ1) is 24.1. The van der Waals surface area contributed by atoms with Gasteiger partial charge in [0.15, 0.2) is 6.61 Å². The highest BCUT2D eigenvalue weighted by Gasteiger charge is 2.16. The summed E-state index contributed by atoms with van der Waals surface area (Å²) >= 11 is 0.432. The third-order valence-electron chi connectivity index (χ3n) is 3.68. The molecule has 0 atom stereocenters. The molecule has 0 aliphatic carbocycles. The Balaban J connectivity index is 1.92. The van der Waals surface area contributed by atoms with Crippen molar-refractivity contribution in [3.8, 4) is 0 Å². The summed E-state index contributed by atoms with van der Waals surface area (Å²) < 4.78 is 34.6. The summed E-state index contributed by atoms with van der Waals surface area (Å²) in [5.41, 5.74) is 1.13. The van der Waals surface area contributed by atoms with Crippen LogP contribution in [-0.4, -0.2) is 50.5 Å². The number of halogens is 2. The van der Waals surface area contributed by atoms with E-state index in [4.69, 9.17) is 9.47 Å². The quantitative estimate of drug-likeness (QED) is 0.288. The minimum Gasteiger partial charge on any atom is -0.452 e. The van der Waals surface area contributed by atoms with Crippen molar-refractivity contribution in [2.24, 2.45) is 0 Å². The highest BCUT2D eigenvalue weighted by Crippen LogP contribution is 2.28. The van der Waals surface area contributed by atoms with Crippen molar-refractivity contribution in [3.05, 3.63) is 54.1 Å². The number of imide groups is 1. The fourth-order valence-corrected chi connectivity index (χ4v) is 2.83. The number of hydrogen-bond acceptors (Lipinski definition) is 7. The molecule has 2 rings (SSSR count). The zero-order valence-electron chi connectivity index (χ0n) is 16.5. The number of rotatable bonds is 10. The highest BCUT2D eigenvalue weighted by atomic mass is 32.2. The molecule has 11 heteroatoms. The molecule has 0 radical (unpaired) electrons. The number of urea groups is 1. The van der Waals surface area contributed by atoms with E-state index in [0.717, 1.165) is 0 Å². The number of alkyl halides is 2. The second-order valence-electron chi connectivity index (χ2n) is 5.95. The van der Waals surface area contributed by atoms with Crippen molar-refractivity contribution in [1.29, 1.82) is 0 Å². The second kappa shape index (κ2) is 12.5. The lowest BCUT2D eigenvalue weighted by atomic mass is 10.1. The standard InChI is InChI=1S/C20H21F2N3O5S/c1-29-11-10-23-20(28)25-17(26)12-30-18(27)15-4-2-3-5-16(15)24-13-6-8-14(9-7-13)31-19(21)22/h2-9,19,24H,10-12H2,1H3,(H2,23,25,26,28). The van der Waals surface area contributed by atoms with Crippen LogP contribution in [0.25, 0.3) is 0 Å². The second-order valence-corrected chi connectivity index (χ2v) is 7.01. The minimum atomic E-state index is -2.51. The average molecular weight is 453 g/mol. The van der Waals surface area contributed by atoms with Gasteiger partial charge >= 0.3 is 12.0 Å². The smallest absolute Gasteiger partial charge is 0.340 e. The average Bonchev–Trinajstić information content (AvgIpc) is 2.73. The maximum Gasteiger partial charge on any atom is 0.340 e. The topological polar surface area (TPSA) is 106 Å². The molecule has 0 spiro atoms. The van der Waals surface area contributed by atoms with Gasteiger partial charge in [-0.2, -0.15) is 8.78 Å². The normalized spacial score (nSPS) is 10.5. The van der Waals surface area contributed by atoms with Gasteiger partial charge in [-0.15, -0.1) is 0 Å². The monoisotopic (exact) mass is 453 g/mol. The van der Waals surface area contributed by atoms with Crippen LogP contribution >= 0.6 is 11.8 Å². The van der Waals surface area contributed by atoms with Crippen LogP contribution in [0.5, 0.6) is 0 Å². The molecule has 31 heavy (non-hydrogen) atoms. The van der Waals surface area contributed by atoms with Crippen LogP contribution in [0.4, 0.5) is 25.0 Å². The Bertz CT molecular complexity index is 897. The van der Waals surface area contributed by atoms with Crippen molar-refractivity contribution in [2.75, 3.05) is 32.2 Å². The van der Waals surface area contributed by atoms with E-state index in [1.807, 2.05) is 5.32 Å². The van der Waals surface area contributed by atoms with Crippen LogP contribution in [0.2, 0.25) is 0 Å². The molecule has 0 aromatic heterocycles. The van der Waals surface area contributed by atoms with E-state index in [9.17, 15) is 23.2 Å². The molecule has 3 amide bonds. The third-order valence-corrected chi connectivity index (χ3v) is 4.41. The largest absolute Gasteiger partial charge is 0.452 e. The predicted molar refractivity (Wildman–Crippen MR) is 112 cm³/mol. The van der Waals surface area contributed by atoms with Gasteiger partial charge in [-0.25, -0.2) is 9.59 Å². The van der Waals surface area contributed by atoms with E-state index in [1.54, 1.807) is 30.3 Å². The molecule has 0 aliphatic rings. The number of nitrogens with one attached hydrogen (secondary N) is 3. The Morgan fingerprint density at radius 2 is 1.77 bits per heavy atom. The maximum absolute atomic E-state index is 12.4. The minimum absolute atomic E-state index is 0.158. The lowest BCUT2D eigenvalue weighted by Gasteiger charge is -2.12. The Hall–Kier alpha value is -3.18. The zero-order valence-corrected chi connectivity index (χ0v) is 17.3. The van der Waals surface area contributed by atoms with E-state index in [2.05, 4.69) is 10.6 Å². The number of anilines is 2. The predicted octanol–water partition coefficient (Wildman–Crippen LogP) is 3.37. The number of benzene rings is 2. The van der Waals surface area contributed by atoms with E-state index in [-0.39, 0.29) is 18.7 Å². The van der Waals surface area contributed by atoms with Gasteiger partial charge in [0.1, 0.15) is 0 Å². The number of carbonyl (C=O) groups is 3. The third kappa shape index (κ3) is 8.60. The maximum atomic E-state index is 12.4. The van der Waals surface area contributed by atoms with Gasteiger partial charge in [0.05, 0.1) is 17.9 Å². The van der Waals surface area contributed by atoms with E-state index in [1.165, 1.54) is 25.3 Å². The van der Waals surface area contributed by atoms with Gasteiger partial charge in [-0.1, -0.05) is 23.9 Å². The SMILES string of the molecule is COCCNC(=O)NC(=O)COC(=O)c1ccccc1Nc1ccc(SC(F)F)cc1. The summed E-state index contributed by atoms with van der Waals surface area (Å²) in [5, 5.41) is 7.43.